The molecule has 0 aliphatic heterocycles. The van der Waals surface area contributed by atoms with Gasteiger partial charge in [-0.05, 0) is 37.2 Å². The molecule has 0 amide bonds. The van der Waals surface area contributed by atoms with Crippen LogP contribution in [0, 0.1) is 0 Å². The summed E-state index contributed by atoms with van der Waals surface area (Å²) < 4.78 is 10.5. The highest BCUT2D eigenvalue weighted by Gasteiger charge is 2.09. The fourth-order valence-electron chi connectivity index (χ4n) is 1.75. The quantitative estimate of drug-likeness (QED) is 0.784. The molecule has 0 saturated carbocycles. The predicted molar refractivity (Wildman–Crippen MR) is 83.3 cm³/mol. The van der Waals surface area contributed by atoms with Gasteiger partial charge >= 0.3 is 0 Å². The molecule has 1 rings (SSSR count). The van der Waals surface area contributed by atoms with Crippen LogP contribution in [0.3, 0.4) is 0 Å². The summed E-state index contributed by atoms with van der Waals surface area (Å²) in [5.41, 5.74) is 0.797. The SMILES string of the molecule is CCC(CC)NC(=S)Nc1cc(OC)ccc1OC. The van der Waals surface area contributed by atoms with Gasteiger partial charge in [0.2, 0.25) is 0 Å². The fourth-order valence-corrected chi connectivity index (χ4v) is 2.02. The average molecular weight is 282 g/mol. The minimum absolute atomic E-state index is 0.386. The van der Waals surface area contributed by atoms with Crippen molar-refractivity contribution in [2.75, 3.05) is 19.5 Å². The van der Waals surface area contributed by atoms with Gasteiger partial charge in [0.1, 0.15) is 11.5 Å². The van der Waals surface area contributed by atoms with Gasteiger partial charge in [-0.2, -0.15) is 0 Å². The summed E-state index contributed by atoms with van der Waals surface area (Å²) >= 11 is 5.31. The van der Waals surface area contributed by atoms with E-state index in [9.17, 15) is 0 Å². The number of hydrogen-bond acceptors (Lipinski definition) is 3. The lowest BCUT2D eigenvalue weighted by molar-refractivity contribution is 0.405. The molecule has 2 N–H and O–H groups in total. The van der Waals surface area contributed by atoms with Gasteiger partial charge in [-0.15, -0.1) is 0 Å². The lowest BCUT2D eigenvalue weighted by Crippen LogP contribution is -2.37. The molecule has 1 aromatic carbocycles. The topological polar surface area (TPSA) is 42.5 Å². The van der Waals surface area contributed by atoms with Crippen molar-refractivity contribution in [1.29, 1.82) is 0 Å². The monoisotopic (exact) mass is 282 g/mol. The molecule has 0 heterocycles. The molecule has 0 atom stereocenters. The number of thiocarbonyl (C=S) groups is 1. The molecule has 0 aliphatic carbocycles. The normalized spacial score (nSPS) is 10.2. The van der Waals surface area contributed by atoms with Gasteiger partial charge in [0.25, 0.3) is 0 Å². The van der Waals surface area contributed by atoms with Crippen LogP contribution in [0.5, 0.6) is 11.5 Å². The lowest BCUT2D eigenvalue weighted by Gasteiger charge is -2.19. The van der Waals surface area contributed by atoms with Crippen molar-refractivity contribution >= 4 is 23.0 Å². The summed E-state index contributed by atoms with van der Waals surface area (Å²) in [7, 11) is 3.26. The van der Waals surface area contributed by atoms with Crippen LogP contribution in [0.2, 0.25) is 0 Å². The van der Waals surface area contributed by atoms with Gasteiger partial charge < -0.3 is 20.1 Å². The smallest absolute Gasteiger partial charge is 0.171 e. The fraction of sp³-hybridized carbons (Fsp3) is 0.500. The number of hydrogen-bond donors (Lipinski definition) is 2. The van der Waals surface area contributed by atoms with Gasteiger partial charge in [-0.1, -0.05) is 13.8 Å². The first-order chi connectivity index (χ1) is 9.14. The van der Waals surface area contributed by atoms with Crippen LogP contribution in [0.4, 0.5) is 5.69 Å². The molecular formula is C14H22N2O2S. The van der Waals surface area contributed by atoms with Crippen LogP contribution >= 0.6 is 12.2 Å². The first kappa shape index (κ1) is 15.6. The third-order valence-corrected chi connectivity index (χ3v) is 3.20. The van der Waals surface area contributed by atoms with Crippen LogP contribution in [0.15, 0.2) is 18.2 Å². The van der Waals surface area contributed by atoms with Gasteiger partial charge in [0, 0.05) is 12.1 Å². The molecule has 4 nitrogen and oxygen atoms in total. The number of nitrogens with one attached hydrogen (secondary N) is 2. The Morgan fingerprint density at radius 1 is 1.21 bits per heavy atom. The van der Waals surface area contributed by atoms with E-state index in [-0.39, 0.29) is 0 Å². The van der Waals surface area contributed by atoms with E-state index < -0.39 is 0 Å². The second-order valence-electron chi connectivity index (χ2n) is 4.18. The lowest BCUT2D eigenvalue weighted by atomic mass is 10.2. The minimum atomic E-state index is 0.386. The van der Waals surface area contributed by atoms with E-state index in [0.717, 1.165) is 30.0 Å². The van der Waals surface area contributed by atoms with Crippen molar-refractivity contribution in [3.8, 4) is 11.5 Å². The largest absolute Gasteiger partial charge is 0.497 e. The van der Waals surface area contributed by atoms with E-state index >= 15 is 0 Å². The minimum Gasteiger partial charge on any atom is -0.497 e. The van der Waals surface area contributed by atoms with Gasteiger partial charge in [0.05, 0.1) is 19.9 Å². The van der Waals surface area contributed by atoms with E-state index in [1.807, 2.05) is 18.2 Å². The number of ether oxygens (including phenoxy) is 2. The van der Waals surface area contributed by atoms with Crippen LogP contribution in [-0.4, -0.2) is 25.4 Å². The second-order valence-corrected chi connectivity index (χ2v) is 4.59. The van der Waals surface area contributed by atoms with Crippen LogP contribution in [-0.2, 0) is 0 Å². The third kappa shape index (κ3) is 4.59. The highest BCUT2D eigenvalue weighted by molar-refractivity contribution is 7.80. The average Bonchev–Trinajstić information content (AvgIpc) is 2.44. The molecular weight excluding hydrogens is 260 g/mol. The molecule has 0 fully saturated rings. The number of methoxy groups -OCH3 is 2. The number of benzene rings is 1. The zero-order chi connectivity index (χ0) is 14.3. The Morgan fingerprint density at radius 3 is 2.42 bits per heavy atom. The van der Waals surface area contributed by atoms with Crippen molar-refractivity contribution in [2.45, 2.75) is 32.7 Å². The van der Waals surface area contributed by atoms with Crippen molar-refractivity contribution in [2.24, 2.45) is 0 Å². The van der Waals surface area contributed by atoms with Gasteiger partial charge in [0.15, 0.2) is 5.11 Å². The van der Waals surface area contributed by atoms with Crippen molar-refractivity contribution in [3.05, 3.63) is 18.2 Å². The van der Waals surface area contributed by atoms with Gasteiger partial charge in [-0.25, -0.2) is 0 Å². The predicted octanol–water partition coefficient (Wildman–Crippen LogP) is 3.18. The molecule has 0 spiro atoms. The van der Waals surface area contributed by atoms with Crippen molar-refractivity contribution in [3.63, 3.8) is 0 Å². The highest BCUT2D eigenvalue weighted by atomic mass is 32.1. The summed E-state index contributed by atoms with van der Waals surface area (Å²) in [6, 6.07) is 5.94. The molecule has 5 heteroatoms. The molecule has 106 valence electrons. The van der Waals surface area contributed by atoms with Crippen LogP contribution in [0.25, 0.3) is 0 Å². The summed E-state index contributed by atoms with van der Waals surface area (Å²) in [5.74, 6) is 1.49. The Bertz CT molecular complexity index is 420. The zero-order valence-electron chi connectivity index (χ0n) is 11.9. The Hall–Kier alpha value is -1.49. The summed E-state index contributed by atoms with van der Waals surface area (Å²) in [6.07, 6.45) is 2.07. The Kier molecular flexibility index (Phi) is 6.42. The second kappa shape index (κ2) is 7.84. The van der Waals surface area contributed by atoms with E-state index in [4.69, 9.17) is 21.7 Å². The molecule has 1 aromatic rings. The Labute approximate surface area is 120 Å². The standard InChI is InChI=1S/C14H22N2O2S/c1-5-10(6-2)15-14(19)16-12-9-11(17-3)7-8-13(12)18-4/h7-10H,5-6H2,1-4H3,(H2,15,16,19). The number of rotatable bonds is 6. The van der Waals surface area contributed by atoms with E-state index in [1.54, 1.807) is 14.2 Å². The Morgan fingerprint density at radius 2 is 1.89 bits per heavy atom. The number of anilines is 1. The van der Waals surface area contributed by atoms with Crippen LogP contribution in [0.1, 0.15) is 26.7 Å². The van der Waals surface area contributed by atoms with E-state index in [2.05, 4.69) is 24.5 Å². The van der Waals surface area contributed by atoms with Gasteiger partial charge in [-0.3, -0.25) is 0 Å². The maximum Gasteiger partial charge on any atom is 0.171 e. The van der Waals surface area contributed by atoms with Crippen molar-refractivity contribution in [1.82, 2.24) is 5.32 Å². The maximum atomic E-state index is 5.31. The molecule has 0 aromatic heterocycles. The van der Waals surface area contributed by atoms with Crippen LogP contribution < -0.4 is 20.1 Å². The summed E-state index contributed by atoms with van der Waals surface area (Å²) in [6.45, 7) is 4.27. The summed E-state index contributed by atoms with van der Waals surface area (Å²) in [4.78, 5) is 0. The maximum absolute atomic E-state index is 5.31. The molecule has 0 bridgehead atoms. The van der Waals surface area contributed by atoms with E-state index in [1.165, 1.54) is 0 Å². The molecule has 0 radical (unpaired) electrons. The Balaban J connectivity index is 2.77. The third-order valence-electron chi connectivity index (χ3n) is 2.98. The zero-order valence-corrected chi connectivity index (χ0v) is 12.8. The molecule has 19 heavy (non-hydrogen) atoms. The molecule has 0 unspecified atom stereocenters. The summed E-state index contributed by atoms with van der Waals surface area (Å²) in [5, 5.41) is 7.03. The molecule has 0 saturated heterocycles. The first-order valence-electron chi connectivity index (χ1n) is 6.44. The van der Waals surface area contributed by atoms with E-state index in [0.29, 0.717) is 11.2 Å². The van der Waals surface area contributed by atoms with Crippen molar-refractivity contribution < 1.29 is 9.47 Å². The first-order valence-corrected chi connectivity index (χ1v) is 6.84. The highest BCUT2D eigenvalue weighted by Crippen LogP contribution is 2.28. The molecule has 0 aliphatic rings.